The van der Waals surface area contributed by atoms with Gasteiger partial charge in [0, 0.05) is 50.9 Å². The van der Waals surface area contributed by atoms with E-state index < -0.39 is 0 Å². The van der Waals surface area contributed by atoms with Crippen LogP contribution in [0.25, 0.3) is 0 Å². The molecule has 112 valence electrons. The summed E-state index contributed by atoms with van der Waals surface area (Å²) in [5.74, 6) is 3.41. The summed E-state index contributed by atoms with van der Waals surface area (Å²) in [7, 11) is 3.99. The molecule has 1 fully saturated rings. The maximum atomic E-state index is 4.73. The van der Waals surface area contributed by atoms with Crippen LogP contribution >= 0.6 is 0 Å². The molecule has 1 aliphatic rings. The number of rotatable bonds is 6. The van der Waals surface area contributed by atoms with Gasteiger partial charge in [-0.2, -0.15) is 5.10 Å². The Morgan fingerprint density at radius 1 is 1.38 bits per heavy atom. The topological polar surface area (TPSA) is 58.9 Å². The first-order valence-corrected chi connectivity index (χ1v) is 7.47. The van der Waals surface area contributed by atoms with E-state index in [9.17, 15) is 0 Å². The standard InChI is InChI=1S/C15H22N6/c1-4-16-13-7-14(19-15(18-13)12-5-6-12)20(2)9-11-8-17-21(3)10-11/h7-8,10,12H,4-6,9H2,1-3H3,(H,16,18,19). The molecule has 0 atom stereocenters. The average molecular weight is 286 g/mol. The van der Waals surface area contributed by atoms with Gasteiger partial charge in [0.2, 0.25) is 0 Å². The minimum absolute atomic E-state index is 0.550. The molecule has 0 saturated heterocycles. The molecule has 1 N–H and O–H groups in total. The van der Waals surface area contributed by atoms with E-state index >= 15 is 0 Å². The van der Waals surface area contributed by atoms with Crippen molar-refractivity contribution < 1.29 is 0 Å². The summed E-state index contributed by atoms with van der Waals surface area (Å²) >= 11 is 0. The number of anilines is 2. The van der Waals surface area contributed by atoms with Crippen LogP contribution in [0, 0.1) is 0 Å². The molecule has 0 bridgehead atoms. The van der Waals surface area contributed by atoms with Gasteiger partial charge in [-0.05, 0) is 19.8 Å². The van der Waals surface area contributed by atoms with Gasteiger partial charge in [-0.15, -0.1) is 0 Å². The lowest BCUT2D eigenvalue weighted by Crippen LogP contribution is -2.19. The first-order chi connectivity index (χ1) is 10.2. The van der Waals surface area contributed by atoms with Crippen molar-refractivity contribution in [2.24, 2.45) is 7.05 Å². The highest BCUT2D eigenvalue weighted by Crippen LogP contribution is 2.39. The van der Waals surface area contributed by atoms with Crippen LogP contribution < -0.4 is 10.2 Å². The summed E-state index contributed by atoms with van der Waals surface area (Å²) in [6.45, 7) is 3.74. The van der Waals surface area contributed by atoms with Crippen molar-refractivity contribution in [3.05, 3.63) is 29.8 Å². The lowest BCUT2D eigenvalue weighted by Gasteiger charge is -2.19. The van der Waals surface area contributed by atoms with Gasteiger partial charge >= 0.3 is 0 Å². The van der Waals surface area contributed by atoms with Crippen molar-refractivity contribution >= 4 is 11.6 Å². The molecule has 0 aromatic carbocycles. The smallest absolute Gasteiger partial charge is 0.136 e. The molecule has 6 nitrogen and oxygen atoms in total. The minimum atomic E-state index is 0.550. The number of nitrogens with zero attached hydrogens (tertiary/aromatic N) is 5. The SMILES string of the molecule is CCNc1cc(N(C)Cc2cnn(C)c2)nc(C2CC2)n1. The third-order valence-electron chi connectivity index (χ3n) is 3.60. The van der Waals surface area contributed by atoms with Crippen molar-refractivity contribution in [3.63, 3.8) is 0 Å². The van der Waals surface area contributed by atoms with E-state index in [4.69, 9.17) is 4.98 Å². The van der Waals surface area contributed by atoms with E-state index in [-0.39, 0.29) is 0 Å². The Labute approximate surface area is 125 Å². The molecular formula is C15H22N6. The summed E-state index contributed by atoms with van der Waals surface area (Å²) in [6.07, 6.45) is 6.35. The van der Waals surface area contributed by atoms with Gasteiger partial charge in [0.15, 0.2) is 0 Å². The van der Waals surface area contributed by atoms with Crippen LogP contribution in [-0.2, 0) is 13.6 Å². The van der Waals surface area contributed by atoms with Crippen molar-refractivity contribution in [1.82, 2.24) is 19.7 Å². The molecule has 0 unspecified atom stereocenters. The molecule has 6 heteroatoms. The van der Waals surface area contributed by atoms with Crippen LogP contribution in [0.15, 0.2) is 18.5 Å². The van der Waals surface area contributed by atoms with E-state index in [0.29, 0.717) is 5.92 Å². The predicted molar refractivity (Wildman–Crippen MR) is 83.5 cm³/mol. The number of nitrogens with one attached hydrogen (secondary N) is 1. The molecule has 2 aromatic rings. The summed E-state index contributed by atoms with van der Waals surface area (Å²) < 4.78 is 1.82. The summed E-state index contributed by atoms with van der Waals surface area (Å²) in [6, 6.07) is 2.02. The lowest BCUT2D eigenvalue weighted by atomic mass is 10.3. The number of aromatic nitrogens is 4. The van der Waals surface area contributed by atoms with E-state index in [1.807, 2.05) is 30.2 Å². The monoisotopic (exact) mass is 286 g/mol. The van der Waals surface area contributed by atoms with Crippen molar-refractivity contribution in [2.45, 2.75) is 32.2 Å². The third kappa shape index (κ3) is 3.32. The van der Waals surface area contributed by atoms with Crippen molar-refractivity contribution in [1.29, 1.82) is 0 Å². The van der Waals surface area contributed by atoms with Crippen LogP contribution in [-0.4, -0.2) is 33.3 Å². The van der Waals surface area contributed by atoms with Gasteiger partial charge in [-0.1, -0.05) is 0 Å². The molecule has 0 aliphatic heterocycles. The van der Waals surface area contributed by atoms with E-state index in [2.05, 4.69) is 34.3 Å². The van der Waals surface area contributed by atoms with Crippen LogP contribution in [0.4, 0.5) is 11.6 Å². The minimum Gasteiger partial charge on any atom is -0.370 e. The van der Waals surface area contributed by atoms with Gasteiger partial charge in [-0.3, -0.25) is 4.68 Å². The van der Waals surface area contributed by atoms with Crippen molar-refractivity contribution in [3.8, 4) is 0 Å². The van der Waals surface area contributed by atoms with Crippen LogP contribution in [0.1, 0.15) is 37.1 Å². The normalized spacial score (nSPS) is 14.2. The molecule has 0 spiro atoms. The highest BCUT2D eigenvalue weighted by atomic mass is 15.2. The van der Waals surface area contributed by atoms with Gasteiger partial charge in [0.05, 0.1) is 6.20 Å². The highest BCUT2D eigenvalue weighted by Gasteiger charge is 2.27. The first-order valence-electron chi connectivity index (χ1n) is 7.47. The Bertz CT molecular complexity index is 616. The highest BCUT2D eigenvalue weighted by molar-refractivity contribution is 5.49. The molecule has 1 saturated carbocycles. The molecule has 21 heavy (non-hydrogen) atoms. The predicted octanol–water partition coefficient (Wildman–Crippen LogP) is 2.16. The average Bonchev–Trinajstić information content (AvgIpc) is 3.23. The zero-order valence-electron chi connectivity index (χ0n) is 12.9. The quantitative estimate of drug-likeness (QED) is 0.882. The zero-order chi connectivity index (χ0) is 14.8. The first kappa shape index (κ1) is 13.9. The molecule has 0 radical (unpaired) electrons. The van der Waals surface area contributed by atoms with Gasteiger partial charge < -0.3 is 10.2 Å². The molecule has 0 amide bonds. The van der Waals surface area contributed by atoms with Crippen molar-refractivity contribution in [2.75, 3.05) is 23.8 Å². The number of hydrogen-bond acceptors (Lipinski definition) is 5. The maximum Gasteiger partial charge on any atom is 0.136 e. The molecule has 2 aromatic heterocycles. The summed E-state index contributed by atoms with van der Waals surface area (Å²) in [5.41, 5.74) is 1.18. The number of hydrogen-bond donors (Lipinski definition) is 1. The Balaban J connectivity index is 1.81. The van der Waals surface area contributed by atoms with Gasteiger partial charge in [-0.25, -0.2) is 9.97 Å². The Morgan fingerprint density at radius 3 is 2.81 bits per heavy atom. The molecule has 1 aliphatic carbocycles. The molecule has 3 rings (SSSR count). The second-order valence-electron chi connectivity index (χ2n) is 5.65. The molecule has 2 heterocycles. The van der Waals surface area contributed by atoms with Gasteiger partial charge in [0.25, 0.3) is 0 Å². The Kier molecular flexibility index (Phi) is 3.77. The van der Waals surface area contributed by atoms with E-state index in [1.54, 1.807) is 0 Å². The third-order valence-corrected chi connectivity index (χ3v) is 3.60. The molecular weight excluding hydrogens is 264 g/mol. The summed E-state index contributed by atoms with van der Waals surface area (Å²) in [4.78, 5) is 11.5. The van der Waals surface area contributed by atoms with Gasteiger partial charge in [0.1, 0.15) is 17.5 Å². The Hall–Kier alpha value is -2.11. The second kappa shape index (κ2) is 5.71. The fourth-order valence-corrected chi connectivity index (χ4v) is 2.35. The fourth-order valence-electron chi connectivity index (χ4n) is 2.35. The van der Waals surface area contributed by atoms with E-state index in [0.717, 1.165) is 30.5 Å². The summed E-state index contributed by atoms with van der Waals surface area (Å²) in [5, 5.41) is 7.51. The lowest BCUT2D eigenvalue weighted by molar-refractivity contribution is 0.766. The maximum absolute atomic E-state index is 4.73. The zero-order valence-corrected chi connectivity index (χ0v) is 12.9. The van der Waals surface area contributed by atoms with Crippen LogP contribution in [0.5, 0.6) is 0 Å². The Morgan fingerprint density at radius 2 is 2.19 bits per heavy atom. The fraction of sp³-hybridized carbons (Fsp3) is 0.533. The van der Waals surface area contributed by atoms with E-state index in [1.165, 1.54) is 18.4 Å². The largest absolute Gasteiger partial charge is 0.370 e. The second-order valence-corrected chi connectivity index (χ2v) is 5.65. The van der Waals surface area contributed by atoms with Crippen LogP contribution in [0.2, 0.25) is 0 Å². The number of aryl methyl sites for hydroxylation is 1. The van der Waals surface area contributed by atoms with Crippen LogP contribution in [0.3, 0.4) is 0 Å².